The van der Waals surface area contributed by atoms with Crippen molar-refractivity contribution < 1.29 is 4.74 Å². The molecule has 1 aliphatic heterocycles. The SMILES string of the molecule is CCc1ncnc(N2CCOCC2)c1C. The number of nitrogens with zero attached hydrogens (tertiary/aromatic N) is 3. The summed E-state index contributed by atoms with van der Waals surface area (Å²) in [7, 11) is 0. The summed E-state index contributed by atoms with van der Waals surface area (Å²) in [5.41, 5.74) is 2.35. The van der Waals surface area contributed by atoms with Gasteiger partial charge in [-0.15, -0.1) is 0 Å². The van der Waals surface area contributed by atoms with Crippen molar-refractivity contribution in [3.05, 3.63) is 17.6 Å². The molecule has 4 heteroatoms. The quantitative estimate of drug-likeness (QED) is 0.730. The molecule has 0 N–H and O–H groups in total. The van der Waals surface area contributed by atoms with Gasteiger partial charge in [-0.3, -0.25) is 0 Å². The van der Waals surface area contributed by atoms with E-state index in [-0.39, 0.29) is 0 Å². The highest BCUT2D eigenvalue weighted by atomic mass is 16.5. The summed E-state index contributed by atoms with van der Waals surface area (Å²) in [4.78, 5) is 10.9. The van der Waals surface area contributed by atoms with Crippen molar-refractivity contribution in [2.75, 3.05) is 31.2 Å². The lowest BCUT2D eigenvalue weighted by atomic mass is 10.2. The molecule has 0 aliphatic carbocycles. The van der Waals surface area contributed by atoms with Crippen LogP contribution in [0.4, 0.5) is 5.82 Å². The summed E-state index contributed by atoms with van der Waals surface area (Å²) in [5.74, 6) is 1.07. The Bertz CT molecular complexity index is 335. The second kappa shape index (κ2) is 4.57. The van der Waals surface area contributed by atoms with Crippen LogP contribution in [0, 0.1) is 6.92 Å². The lowest BCUT2D eigenvalue weighted by Gasteiger charge is -2.29. The average Bonchev–Trinajstić information content (AvgIpc) is 2.30. The monoisotopic (exact) mass is 207 g/mol. The maximum absolute atomic E-state index is 5.33. The fourth-order valence-electron chi connectivity index (χ4n) is 1.93. The van der Waals surface area contributed by atoms with E-state index >= 15 is 0 Å². The van der Waals surface area contributed by atoms with Crippen molar-refractivity contribution >= 4 is 5.82 Å². The van der Waals surface area contributed by atoms with Gasteiger partial charge in [0.05, 0.1) is 13.2 Å². The molecule has 1 saturated heterocycles. The van der Waals surface area contributed by atoms with Gasteiger partial charge in [0.25, 0.3) is 0 Å². The van der Waals surface area contributed by atoms with Crippen molar-refractivity contribution in [3.63, 3.8) is 0 Å². The summed E-state index contributed by atoms with van der Waals surface area (Å²) < 4.78 is 5.33. The highest BCUT2D eigenvalue weighted by Crippen LogP contribution is 2.19. The molecule has 1 aliphatic rings. The zero-order chi connectivity index (χ0) is 10.7. The number of ether oxygens (including phenoxy) is 1. The van der Waals surface area contributed by atoms with E-state index < -0.39 is 0 Å². The maximum Gasteiger partial charge on any atom is 0.135 e. The molecule has 0 atom stereocenters. The van der Waals surface area contributed by atoms with Crippen LogP contribution in [0.5, 0.6) is 0 Å². The third kappa shape index (κ3) is 2.09. The summed E-state index contributed by atoms with van der Waals surface area (Å²) in [6, 6.07) is 0. The second-order valence-electron chi connectivity index (χ2n) is 3.72. The molecule has 0 spiro atoms. The molecule has 0 saturated carbocycles. The molecule has 1 aromatic heterocycles. The van der Waals surface area contributed by atoms with E-state index in [1.807, 2.05) is 0 Å². The third-order valence-electron chi connectivity index (χ3n) is 2.81. The van der Waals surface area contributed by atoms with Gasteiger partial charge in [0, 0.05) is 24.3 Å². The Morgan fingerprint density at radius 2 is 2.07 bits per heavy atom. The summed E-state index contributed by atoms with van der Waals surface area (Å²) in [6.07, 6.45) is 2.63. The van der Waals surface area contributed by atoms with Gasteiger partial charge in [0.2, 0.25) is 0 Å². The van der Waals surface area contributed by atoms with Crippen molar-refractivity contribution in [1.82, 2.24) is 9.97 Å². The number of morpholine rings is 1. The van der Waals surface area contributed by atoms with Crippen LogP contribution >= 0.6 is 0 Å². The van der Waals surface area contributed by atoms with Gasteiger partial charge in [-0.05, 0) is 13.3 Å². The van der Waals surface area contributed by atoms with E-state index in [0.717, 1.165) is 44.2 Å². The van der Waals surface area contributed by atoms with Crippen LogP contribution in [0.3, 0.4) is 0 Å². The Balaban J connectivity index is 2.26. The second-order valence-corrected chi connectivity index (χ2v) is 3.72. The highest BCUT2D eigenvalue weighted by molar-refractivity contribution is 5.47. The summed E-state index contributed by atoms with van der Waals surface area (Å²) in [5, 5.41) is 0. The molecule has 15 heavy (non-hydrogen) atoms. The van der Waals surface area contributed by atoms with Crippen molar-refractivity contribution in [1.29, 1.82) is 0 Å². The van der Waals surface area contributed by atoms with Gasteiger partial charge in [-0.1, -0.05) is 6.92 Å². The van der Waals surface area contributed by atoms with Crippen LogP contribution in [-0.2, 0) is 11.2 Å². The number of anilines is 1. The molecule has 2 rings (SSSR count). The first-order chi connectivity index (χ1) is 7.33. The van der Waals surface area contributed by atoms with Gasteiger partial charge in [0.15, 0.2) is 0 Å². The average molecular weight is 207 g/mol. The molecule has 2 heterocycles. The largest absolute Gasteiger partial charge is 0.378 e. The number of hydrogen-bond donors (Lipinski definition) is 0. The number of hydrogen-bond acceptors (Lipinski definition) is 4. The van der Waals surface area contributed by atoms with Gasteiger partial charge in [-0.25, -0.2) is 9.97 Å². The van der Waals surface area contributed by atoms with E-state index in [4.69, 9.17) is 4.74 Å². The van der Waals surface area contributed by atoms with E-state index in [9.17, 15) is 0 Å². The van der Waals surface area contributed by atoms with E-state index in [1.54, 1.807) is 6.33 Å². The van der Waals surface area contributed by atoms with Crippen LogP contribution in [0.2, 0.25) is 0 Å². The first-order valence-corrected chi connectivity index (χ1v) is 5.46. The summed E-state index contributed by atoms with van der Waals surface area (Å²) in [6.45, 7) is 7.68. The van der Waals surface area contributed by atoms with Crippen LogP contribution in [0.1, 0.15) is 18.2 Å². The highest BCUT2D eigenvalue weighted by Gasteiger charge is 2.15. The third-order valence-corrected chi connectivity index (χ3v) is 2.81. The van der Waals surface area contributed by atoms with Gasteiger partial charge in [0.1, 0.15) is 12.1 Å². The molecule has 0 radical (unpaired) electrons. The molecule has 0 bridgehead atoms. The van der Waals surface area contributed by atoms with E-state index in [2.05, 4.69) is 28.7 Å². The normalized spacial score (nSPS) is 16.8. The number of aryl methyl sites for hydroxylation is 1. The van der Waals surface area contributed by atoms with E-state index in [1.165, 1.54) is 5.56 Å². The Labute approximate surface area is 90.3 Å². The standard InChI is InChI=1S/C11H17N3O/c1-3-10-9(2)11(13-8-12-10)14-4-6-15-7-5-14/h8H,3-7H2,1-2H3. The molecule has 4 nitrogen and oxygen atoms in total. The smallest absolute Gasteiger partial charge is 0.135 e. The molecular weight excluding hydrogens is 190 g/mol. The van der Waals surface area contributed by atoms with Crippen molar-refractivity contribution in [2.45, 2.75) is 20.3 Å². The van der Waals surface area contributed by atoms with Crippen molar-refractivity contribution in [3.8, 4) is 0 Å². The molecule has 82 valence electrons. The number of rotatable bonds is 2. The lowest BCUT2D eigenvalue weighted by molar-refractivity contribution is 0.122. The zero-order valence-electron chi connectivity index (χ0n) is 9.36. The lowest BCUT2D eigenvalue weighted by Crippen LogP contribution is -2.37. The van der Waals surface area contributed by atoms with Gasteiger partial charge < -0.3 is 9.64 Å². The Hall–Kier alpha value is -1.16. The van der Waals surface area contributed by atoms with E-state index in [0.29, 0.717) is 0 Å². The minimum absolute atomic E-state index is 0.797. The first kappa shape index (κ1) is 10.4. The molecular formula is C11H17N3O. The molecule has 0 unspecified atom stereocenters. The van der Waals surface area contributed by atoms with Crippen LogP contribution < -0.4 is 4.90 Å². The first-order valence-electron chi connectivity index (χ1n) is 5.46. The Morgan fingerprint density at radius 3 is 2.73 bits per heavy atom. The van der Waals surface area contributed by atoms with Crippen LogP contribution in [0.15, 0.2) is 6.33 Å². The predicted molar refractivity (Wildman–Crippen MR) is 59.2 cm³/mol. The predicted octanol–water partition coefficient (Wildman–Crippen LogP) is 1.18. The Kier molecular flexibility index (Phi) is 3.16. The number of aromatic nitrogens is 2. The minimum Gasteiger partial charge on any atom is -0.378 e. The van der Waals surface area contributed by atoms with Crippen molar-refractivity contribution in [2.24, 2.45) is 0 Å². The fraction of sp³-hybridized carbons (Fsp3) is 0.636. The van der Waals surface area contributed by atoms with Crippen LogP contribution in [-0.4, -0.2) is 36.3 Å². The van der Waals surface area contributed by atoms with Gasteiger partial charge >= 0.3 is 0 Å². The molecule has 1 aromatic rings. The molecule has 1 fully saturated rings. The van der Waals surface area contributed by atoms with Gasteiger partial charge in [-0.2, -0.15) is 0 Å². The van der Waals surface area contributed by atoms with Crippen LogP contribution in [0.25, 0.3) is 0 Å². The summed E-state index contributed by atoms with van der Waals surface area (Å²) >= 11 is 0. The molecule has 0 amide bonds. The zero-order valence-corrected chi connectivity index (χ0v) is 9.36. The fourth-order valence-corrected chi connectivity index (χ4v) is 1.93. The minimum atomic E-state index is 0.797. The topological polar surface area (TPSA) is 38.2 Å². The Morgan fingerprint density at radius 1 is 1.33 bits per heavy atom. The molecule has 0 aromatic carbocycles. The maximum atomic E-state index is 5.33.